The van der Waals surface area contributed by atoms with Gasteiger partial charge in [-0.15, -0.1) is 0 Å². The van der Waals surface area contributed by atoms with Gasteiger partial charge in [0, 0.05) is 11.7 Å². The quantitative estimate of drug-likeness (QED) is 0.758. The Morgan fingerprint density at radius 3 is 2.86 bits per heavy atom. The Morgan fingerprint density at radius 1 is 1.36 bits per heavy atom. The summed E-state index contributed by atoms with van der Waals surface area (Å²) < 4.78 is 12.9. The zero-order chi connectivity index (χ0) is 9.97. The van der Waals surface area contributed by atoms with Crippen LogP contribution in [-0.2, 0) is 0 Å². The van der Waals surface area contributed by atoms with Crippen molar-refractivity contribution in [1.82, 2.24) is 0 Å². The fraction of sp³-hybridized carbons (Fsp3) is 0.500. The lowest BCUT2D eigenvalue weighted by atomic mass is 10.1. The molecular formula is C12H16FN. The highest BCUT2D eigenvalue weighted by Crippen LogP contribution is 2.27. The van der Waals surface area contributed by atoms with E-state index in [0.717, 1.165) is 5.69 Å². The minimum absolute atomic E-state index is 0.166. The van der Waals surface area contributed by atoms with E-state index in [1.165, 1.54) is 25.3 Å². The van der Waals surface area contributed by atoms with Crippen molar-refractivity contribution in [1.29, 1.82) is 0 Å². The Kier molecular flexibility index (Phi) is 2.71. The largest absolute Gasteiger partial charge is 0.382 e. The molecule has 0 spiro atoms. The molecular weight excluding hydrogens is 177 g/mol. The van der Waals surface area contributed by atoms with E-state index >= 15 is 0 Å². The van der Waals surface area contributed by atoms with Crippen LogP contribution < -0.4 is 5.32 Å². The minimum Gasteiger partial charge on any atom is -0.382 e. The van der Waals surface area contributed by atoms with Crippen molar-refractivity contribution < 1.29 is 4.39 Å². The summed E-state index contributed by atoms with van der Waals surface area (Å²) in [4.78, 5) is 0. The lowest BCUT2D eigenvalue weighted by Gasteiger charge is -2.18. The van der Waals surface area contributed by atoms with Gasteiger partial charge in [0.2, 0.25) is 0 Å². The highest BCUT2D eigenvalue weighted by atomic mass is 19.1. The van der Waals surface area contributed by atoms with E-state index < -0.39 is 0 Å². The molecule has 0 bridgehead atoms. The summed E-state index contributed by atoms with van der Waals surface area (Å²) in [6.07, 6.45) is 3.78. The van der Waals surface area contributed by atoms with Crippen molar-refractivity contribution in [2.45, 2.75) is 32.2 Å². The average Bonchev–Trinajstić information content (AvgIpc) is 2.52. The predicted octanol–water partition coefficient (Wildman–Crippen LogP) is 3.43. The first-order valence-electron chi connectivity index (χ1n) is 5.28. The fourth-order valence-electron chi connectivity index (χ4n) is 2.15. The van der Waals surface area contributed by atoms with E-state index in [-0.39, 0.29) is 5.82 Å². The molecule has 1 aromatic rings. The number of hydrogen-bond acceptors (Lipinski definition) is 1. The highest BCUT2D eigenvalue weighted by molar-refractivity contribution is 5.44. The topological polar surface area (TPSA) is 12.0 Å². The third-order valence-electron chi connectivity index (χ3n) is 3.04. The van der Waals surface area contributed by atoms with Crippen molar-refractivity contribution in [3.63, 3.8) is 0 Å². The summed E-state index contributed by atoms with van der Waals surface area (Å²) in [5, 5.41) is 3.39. The number of hydrogen-bond donors (Lipinski definition) is 1. The first-order chi connectivity index (χ1) is 6.75. The van der Waals surface area contributed by atoms with Crippen LogP contribution in [0.1, 0.15) is 26.2 Å². The minimum atomic E-state index is -0.166. The second kappa shape index (κ2) is 3.99. The zero-order valence-corrected chi connectivity index (χ0v) is 8.46. The Labute approximate surface area is 84.3 Å². The highest BCUT2D eigenvalue weighted by Gasteiger charge is 2.22. The van der Waals surface area contributed by atoms with Gasteiger partial charge in [-0.2, -0.15) is 0 Å². The fourth-order valence-corrected chi connectivity index (χ4v) is 2.15. The van der Waals surface area contributed by atoms with Crippen molar-refractivity contribution in [3.8, 4) is 0 Å². The SMILES string of the molecule is C[C@@H]1CCC[C@@H]1Nc1cccc(F)c1. The third-order valence-corrected chi connectivity index (χ3v) is 3.04. The van der Waals surface area contributed by atoms with Crippen molar-refractivity contribution >= 4 is 5.69 Å². The lowest BCUT2D eigenvalue weighted by molar-refractivity contribution is 0.555. The van der Waals surface area contributed by atoms with Gasteiger partial charge in [-0.1, -0.05) is 19.4 Å². The van der Waals surface area contributed by atoms with Crippen LogP contribution in [0.3, 0.4) is 0 Å². The van der Waals surface area contributed by atoms with Crippen molar-refractivity contribution in [3.05, 3.63) is 30.1 Å². The number of nitrogens with one attached hydrogen (secondary N) is 1. The second-order valence-electron chi connectivity index (χ2n) is 4.17. The van der Waals surface area contributed by atoms with Gasteiger partial charge in [-0.05, 0) is 37.0 Å². The van der Waals surface area contributed by atoms with Crippen LogP contribution in [0.5, 0.6) is 0 Å². The lowest BCUT2D eigenvalue weighted by Crippen LogP contribution is -2.21. The summed E-state index contributed by atoms with van der Waals surface area (Å²) in [6, 6.07) is 7.23. The third kappa shape index (κ3) is 2.06. The van der Waals surface area contributed by atoms with Gasteiger partial charge in [-0.25, -0.2) is 4.39 Å². The van der Waals surface area contributed by atoms with E-state index in [4.69, 9.17) is 0 Å². The molecule has 1 aliphatic carbocycles. The molecule has 0 heterocycles. The molecule has 1 aromatic carbocycles. The van der Waals surface area contributed by atoms with E-state index in [0.29, 0.717) is 12.0 Å². The summed E-state index contributed by atoms with van der Waals surface area (Å²) in [5.41, 5.74) is 0.906. The molecule has 1 nitrogen and oxygen atoms in total. The molecule has 0 aromatic heterocycles. The molecule has 14 heavy (non-hydrogen) atoms. The zero-order valence-electron chi connectivity index (χ0n) is 8.46. The Balaban J connectivity index is 2.03. The Bertz CT molecular complexity index is 311. The van der Waals surface area contributed by atoms with Gasteiger partial charge in [-0.3, -0.25) is 0 Å². The molecule has 0 amide bonds. The number of halogens is 1. The molecule has 2 heteroatoms. The van der Waals surface area contributed by atoms with Crippen LogP contribution in [0.4, 0.5) is 10.1 Å². The van der Waals surface area contributed by atoms with E-state index in [1.54, 1.807) is 12.1 Å². The first kappa shape index (κ1) is 9.50. The van der Waals surface area contributed by atoms with Gasteiger partial charge in [0.05, 0.1) is 0 Å². The summed E-state index contributed by atoms with van der Waals surface area (Å²) in [6.45, 7) is 2.25. The Morgan fingerprint density at radius 2 is 2.21 bits per heavy atom. The predicted molar refractivity (Wildman–Crippen MR) is 56.8 cm³/mol. The number of benzene rings is 1. The molecule has 1 saturated carbocycles. The van der Waals surface area contributed by atoms with Crippen LogP contribution in [0.15, 0.2) is 24.3 Å². The molecule has 0 unspecified atom stereocenters. The molecule has 76 valence electrons. The Hall–Kier alpha value is -1.05. The van der Waals surface area contributed by atoms with Crippen molar-refractivity contribution in [2.75, 3.05) is 5.32 Å². The molecule has 0 saturated heterocycles. The molecule has 0 aliphatic heterocycles. The summed E-state index contributed by atoms with van der Waals surface area (Å²) in [5.74, 6) is 0.541. The van der Waals surface area contributed by atoms with Gasteiger partial charge < -0.3 is 5.32 Å². The van der Waals surface area contributed by atoms with Gasteiger partial charge in [0.25, 0.3) is 0 Å². The maximum Gasteiger partial charge on any atom is 0.125 e. The van der Waals surface area contributed by atoms with Gasteiger partial charge in [0.1, 0.15) is 5.82 Å². The standard InChI is InChI=1S/C12H16FN/c1-9-4-2-7-12(9)14-11-6-3-5-10(13)8-11/h3,5-6,8-9,12,14H,2,4,7H2,1H3/t9-,12+/m1/s1. The molecule has 2 rings (SSSR count). The molecule has 1 fully saturated rings. The van der Waals surface area contributed by atoms with E-state index in [2.05, 4.69) is 12.2 Å². The molecule has 1 aliphatic rings. The maximum absolute atomic E-state index is 12.9. The van der Waals surface area contributed by atoms with Gasteiger partial charge >= 0.3 is 0 Å². The number of rotatable bonds is 2. The van der Waals surface area contributed by atoms with E-state index in [1.807, 2.05) is 6.07 Å². The van der Waals surface area contributed by atoms with Crippen LogP contribution in [-0.4, -0.2) is 6.04 Å². The molecule has 1 N–H and O–H groups in total. The van der Waals surface area contributed by atoms with Crippen LogP contribution in [0.2, 0.25) is 0 Å². The maximum atomic E-state index is 12.9. The van der Waals surface area contributed by atoms with Crippen LogP contribution >= 0.6 is 0 Å². The number of anilines is 1. The smallest absolute Gasteiger partial charge is 0.125 e. The molecule has 2 atom stereocenters. The summed E-state index contributed by atoms with van der Waals surface area (Å²) in [7, 11) is 0. The molecule has 0 radical (unpaired) electrons. The first-order valence-corrected chi connectivity index (χ1v) is 5.28. The van der Waals surface area contributed by atoms with E-state index in [9.17, 15) is 4.39 Å². The normalized spacial score (nSPS) is 26.4. The van der Waals surface area contributed by atoms with Crippen LogP contribution in [0, 0.1) is 11.7 Å². The van der Waals surface area contributed by atoms with Crippen LogP contribution in [0.25, 0.3) is 0 Å². The van der Waals surface area contributed by atoms with Gasteiger partial charge in [0.15, 0.2) is 0 Å². The van der Waals surface area contributed by atoms with Crippen molar-refractivity contribution in [2.24, 2.45) is 5.92 Å². The monoisotopic (exact) mass is 193 g/mol. The summed E-state index contributed by atoms with van der Waals surface area (Å²) >= 11 is 0. The average molecular weight is 193 g/mol. The second-order valence-corrected chi connectivity index (χ2v) is 4.17.